The Morgan fingerprint density at radius 2 is 1.92 bits per heavy atom. The van der Waals surface area contributed by atoms with E-state index >= 15 is 0 Å². The molecule has 25 heavy (non-hydrogen) atoms. The van der Waals surface area contributed by atoms with Crippen LogP contribution in [0.3, 0.4) is 0 Å². The van der Waals surface area contributed by atoms with Gasteiger partial charge in [-0.3, -0.25) is 4.79 Å². The SMILES string of the molecule is CC(=O)Oc1c(Cl)cc(/N=N/c2cccc(S(=O)(=O)F)c2)cc1C#N. The third kappa shape index (κ3) is 4.82. The van der Waals surface area contributed by atoms with Crippen LogP contribution in [0.5, 0.6) is 5.75 Å². The van der Waals surface area contributed by atoms with Gasteiger partial charge in [-0.2, -0.15) is 23.9 Å². The van der Waals surface area contributed by atoms with E-state index in [4.69, 9.17) is 21.6 Å². The summed E-state index contributed by atoms with van der Waals surface area (Å²) in [4.78, 5) is 10.5. The Hall–Kier alpha value is -2.83. The van der Waals surface area contributed by atoms with Crippen LogP contribution in [-0.4, -0.2) is 14.4 Å². The number of halogens is 2. The molecule has 128 valence electrons. The van der Waals surface area contributed by atoms with Gasteiger partial charge in [-0.15, -0.1) is 3.89 Å². The lowest BCUT2D eigenvalue weighted by atomic mass is 10.2. The highest BCUT2D eigenvalue weighted by Gasteiger charge is 2.14. The zero-order chi connectivity index (χ0) is 18.6. The van der Waals surface area contributed by atoms with E-state index in [9.17, 15) is 17.1 Å². The fraction of sp³-hybridized carbons (Fsp3) is 0.0667. The molecule has 0 spiro atoms. The topological polar surface area (TPSA) is 109 Å². The van der Waals surface area contributed by atoms with Crippen LogP contribution >= 0.6 is 11.6 Å². The number of nitriles is 1. The second-order valence-electron chi connectivity index (χ2n) is 4.64. The molecule has 0 amide bonds. The minimum absolute atomic E-state index is 0.0247. The van der Waals surface area contributed by atoms with Crippen molar-refractivity contribution >= 4 is 39.2 Å². The zero-order valence-corrected chi connectivity index (χ0v) is 14.2. The summed E-state index contributed by atoms with van der Waals surface area (Å²) in [5.74, 6) is -0.738. The summed E-state index contributed by atoms with van der Waals surface area (Å²) in [6.45, 7) is 1.16. The molecular weight excluding hydrogens is 373 g/mol. The normalized spacial score (nSPS) is 11.3. The molecule has 0 aromatic heterocycles. The lowest BCUT2D eigenvalue weighted by molar-refractivity contribution is -0.131. The number of ether oxygens (including phenoxy) is 1. The Kier molecular flexibility index (Phi) is 5.46. The molecule has 10 heteroatoms. The molecule has 0 heterocycles. The molecule has 0 saturated carbocycles. The largest absolute Gasteiger partial charge is 0.424 e. The van der Waals surface area contributed by atoms with Crippen LogP contribution in [0.25, 0.3) is 0 Å². The van der Waals surface area contributed by atoms with E-state index in [2.05, 4.69) is 10.2 Å². The van der Waals surface area contributed by atoms with Crippen molar-refractivity contribution in [2.45, 2.75) is 11.8 Å². The molecule has 0 bridgehead atoms. The van der Waals surface area contributed by atoms with Crippen LogP contribution in [0.4, 0.5) is 15.3 Å². The summed E-state index contributed by atoms with van der Waals surface area (Å²) in [6.07, 6.45) is 0. The van der Waals surface area contributed by atoms with Gasteiger partial charge >= 0.3 is 16.2 Å². The van der Waals surface area contributed by atoms with Crippen molar-refractivity contribution in [3.05, 3.63) is 47.0 Å². The van der Waals surface area contributed by atoms with Crippen molar-refractivity contribution in [2.24, 2.45) is 10.2 Å². The van der Waals surface area contributed by atoms with Crippen molar-refractivity contribution in [1.29, 1.82) is 5.26 Å². The molecule has 2 rings (SSSR count). The van der Waals surface area contributed by atoms with Gasteiger partial charge in [0.1, 0.15) is 11.0 Å². The maximum atomic E-state index is 13.0. The predicted molar refractivity (Wildman–Crippen MR) is 86.4 cm³/mol. The van der Waals surface area contributed by atoms with Crippen molar-refractivity contribution < 1.29 is 21.8 Å². The summed E-state index contributed by atoms with van der Waals surface area (Å²) < 4.78 is 39.6. The number of carbonyl (C=O) groups is 1. The second-order valence-corrected chi connectivity index (χ2v) is 6.40. The van der Waals surface area contributed by atoms with E-state index in [1.54, 1.807) is 0 Å². The first-order valence-corrected chi connectivity index (χ1v) is 8.35. The van der Waals surface area contributed by atoms with E-state index in [0.717, 1.165) is 19.1 Å². The van der Waals surface area contributed by atoms with E-state index in [-0.39, 0.29) is 27.7 Å². The molecule has 2 aromatic carbocycles. The maximum Gasteiger partial charge on any atom is 0.332 e. The highest BCUT2D eigenvalue weighted by atomic mass is 35.5. The highest BCUT2D eigenvalue weighted by Crippen LogP contribution is 2.34. The molecule has 0 saturated heterocycles. The summed E-state index contributed by atoms with van der Waals surface area (Å²) in [5.41, 5.74) is 0.208. The third-order valence-corrected chi connectivity index (χ3v) is 3.87. The van der Waals surface area contributed by atoms with Crippen molar-refractivity contribution in [1.82, 2.24) is 0 Å². The molecule has 0 aliphatic heterocycles. The van der Waals surface area contributed by atoms with Crippen LogP contribution in [0.1, 0.15) is 12.5 Å². The van der Waals surface area contributed by atoms with Crippen LogP contribution < -0.4 is 4.74 Å². The van der Waals surface area contributed by atoms with E-state index in [0.29, 0.717) is 0 Å². The molecule has 0 aliphatic carbocycles. The number of rotatable bonds is 4. The van der Waals surface area contributed by atoms with E-state index in [1.165, 1.54) is 24.3 Å². The molecule has 0 fully saturated rings. The lowest BCUT2D eigenvalue weighted by Crippen LogP contribution is -2.03. The smallest absolute Gasteiger partial charge is 0.332 e. The predicted octanol–water partition coefficient (Wildman–Crippen LogP) is 4.21. The minimum atomic E-state index is -4.86. The lowest BCUT2D eigenvalue weighted by Gasteiger charge is -2.06. The Morgan fingerprint density at radius 1 is 1.24 bits per heavy atom. The molecule has 0 radical (unpaired) electrons. The van der Waals surface area contributed by atoms with Gasteiger partial charge < -0.3 is 4.74 Å². The average Bonchev–Trinajstić information content (AvgIpc) is 2.54. The molecule has 2 aromatic rings. The number of azo groups is 1. The second kappa shape index (κ2) is 7.38. The molecule has 0 aliphatic rings. The maximum absolute atomic E-state index is 13.0. The van der Waals surface area contributed by atoms with Gasteiger partial charge in [0.2, 0.25) is 0 Å². The van der Waals surface area contributed by atoms with Crippen LogP contribution in [0, 0.1) is 11.3 Å². The minimum Gasteiger partial charge on any atom is -0.424 e. The number of esters is 1. The van der Waals surface area contributed by atoms with E-state index < -0.39 is 21.1 Å². The highest BCUT2D eigenvalue weighted by molar-refractivity contribution is 7.86. The van der Waals surface area contributed by atoms with Crippen LogP contribution in [0.2, 0.25) is 5.02 Å². The van der Waals surface area contributed by atoms with Gasteiger partial charge in [0.05, 0.1) is 22.0 Å². The standard InChI is InChI=1S/C15H9ClFN3O4S/c1-9(21)24-15-10(8-18)5-12(7-14(15)16)20-19-11-3-2-4-13(6-11)25(17,22)23/h2-7H,1H3/b20-19+. The summed E-state index contributed by atoms with van der Waals surface area (Å²) in [7, 11) is -4.86. The van der Waals surface area contributed by atoms with E-state index in [1.807, 2.05) is 6.07 Å². The number of nitrogens with zero attached hydrogens (tertiary/aromatic N) is 3. The number of hydrogen-bond acceptors (Lipinski definition) is 7. The van der Waals surface area contributed by atoms with Crippen LogP contribution in [-0.2, 0) is 15.0 Å². The Labute approximate surface area is 147 Å². The number of benzene rings is 2. The Morgan fingerprint density at radius 3 is 2.52 bits per heavy atom. The summed E-state index contributed by atoms with van der Waals surface area (Å²) >= 11 is 5.97. The summed E-state index contributed by atoms with van der Waals surface area (Å²) in [5, 5.41) is 16.7. The number of hydrogen-bond donors (Lipinski definition) is 0. The Bertz CT molecular complexity index is 1020. The molecule has 0 unspecified atom stereocenters. The Balaban J connectivity index is 2.38. The summed E-state index contributed by atoms with van der Waals surface area (Å²) in [6, 6.07) is 9.20. The molecule has 0 atom stereocenters. The first kappa shape index (κ1) is 18.5. The first-order valence-electron chi connectivity index (χ1n) is 6.59. The molecular formula is C15H9ClFN3O4S. The third-order valence-electron chi connectivity index (χ3n) is 2.77. The van der Waals surface area contributed by atoms with Gasteiger partial charge in [-0.1, -0.05) is 17.7 Å². The zero-order valence-electron chi connectivity index (χ0n) is 12.6. The monoisotopic (exact) mass is 381 g/mol. The quantitative estimate of drug-likeness (QED) is 0.341. The van der Waals surface area contributed by atoms with Gasteiger partial charge in [0.25, 0.3) is 0 Å². The van der Waals surface area contributed by atoms with Crippen molar-refractivity contribution in [3.8, 4) is 11.8 Å². The fourth-order valence-electron chi connectivity index (χ4n) is 1.78. The molecule has 0 N–H and O–H groups in total. The van der Waals surface area contributed by atoms with Crippen molar-refractivity contribution in [2.75, 3.05) is 0 Å². The van der Waals surface area contributed by atoms with Gasteiger partial charge in [0.15, 0.2) is 5.75 Å². The van der Waals surface area contributed by atoms with Gasteiger partial charge in [-0.25, -0.2) is 0 Å². The average molecular weight is 382 g/mol. The van der Waals surface area contributed by atoms with Crippen molar-refractivity contribution in [3.63, 3.8) is 0 Å². The van der Waals surface area contributed by atoms with Gasteiger partial charge in [-0.05, 0) is 30.3 Å². The molecule has 7 nitrogen and oxygen atoms in total. The van der Waals surface area contributed by atoms with Crippen LogP contribution in [0.15, 0.2) is 51.5 Å². The fourth-order valence-corrected chi connectivity index (χ4v) is 2.54. The number of carbonyl (C=O) groups excluding carboxylic acids is 1. The van der Waals surface area contributed by atoms with Gasteiger partial charge in [0, 0.05) is 6.92 Å². The first-order chi connectivity index (χ1) is 11.7.